The van der Waals surface area contributed by atoms with Crippen LogP contribution in [0, 0.1) is 0 Å². The molecule has 3 nitrogen and oxygen atoms in total. The fraction of sp³-hybridized carbons (Fsp3) is 0.0714. The monoisotopic (exact) mass is 382 g/mol. The number of benzene rings is 2. The molecule has 0 bridgehead atoms. The van der Waals surface area contributed by atoms with Gasteiger partial charge in [0.25, 0.3) is 0 Å². The van der Waals surface area contributed by atoms with Crippen molar-refractivity contribution in [3.05, 3.63) is 57.0 Å². The summed E-state index contributed by atoms with van der Waals surface area (Å²) in [4.78, 5) is 11.9. The van der Waals surface area contributed by atoms with E-state index in [2.05, 4.69) is 37.2 Å². The maximum atomic E-state index is 11.9. The van der Waals surface area contributed by atoms with Crippen molar-refractivity contribution in [2.45, 2.75) is 6.42 Å². The summed E-state index contributed by atoms with van der Waals surface area (Å²) in [6.07, 6.45) is 0.328. The summed E-state index contributed by atoms with van der Waals surface area (Å²) < 4.78 is 1.81. The normalized spacial score (nSPS) is 10.2. The molecular formula is C14H12Br2N2O. The maximum Gasteiger partial charge on any atom is 0.228 e. The molecule has 5 heteroatoms. The molecule has 0 aliphatic heterocycles. The summed E-state index contributed by atoms with van der Waals surface area (Å²) >= 11 is 6.74. The van der Waals surface area contributed by atoms with Crippen molar-refractivity contribution < 1.29 is 4.79 Å². The first-order valence-electron chi connectivity index (χ1n) is 5.64. The summed E-state index contributed by atoms with van der Waals surface area (Å²) in [6.45, 7) is 0. The number of hydrogen-bond donors (Lipinski definition) is 2. The average molecular weight is 384 g/mol. The second-order valence-electron chi connectivity index (χ2n) is 4.09. The van der Waals surface area contributed by atoms with E-state index < -0.39 is 0 Å². The minimum absolute atomic E-state index is 0.0753. The van der Waals surface area contributed by atoms with Gasteiger partial charge in [0.2, 0.25) is 5.91 Å². The van der Waals surface area contributed by atoms with Crippen molar-refractivity contribution in [3.63, 3.8) is 0 Å². The number of amides is 1. The first-order valence-corrected chi connectivity index (χ1v) is 7.22. The number of carbonyl (C=O) groups excluding carboxylic acids is 1. The Labute approximate surface area is 128 Å². The van der Waals surface area contributed by atoms with Gasteiger partial charge < -0.3 is 11.1 Å². The van der Waals surface area contributed by atoms with Crippen molar-refractivity contribution in [3.8, 4) is 0 Å². The van der Waals surface area contributed by atoms with Crippen LogP contribution in [-0.4, -0.2) is 5.91 Å². The van der Waals surface area contributed by atoms with Gasteiger partial charge in [0.05, 0.1) is 12.1 Å². The van der Waals surface area contributed by atoms with E-state index in [-0.39, 0.29) is 5.91 Å². The van der Waals surface area contributed by atoms with Crippen molar-refractivity contribution in [2.24, 2.45) is 0 Å². The van der Waals surface area contributed by atoms with Gasteiger partial charge in [-0.25, -0.2) is 0 Å². The lowest BCUT2D eigenvalue weighted by atomic mass is 10.1. The molecule has 19 heavy (non-hydrogen) atoms. The molecular weight excluding hydrogens is 372 g/mol. The Bertz CT molecular complexity index is 597. The largest absolute Gasteiger partial charge is 0.399 e. The predicted octanol–water partition coefficient (Wildman–Crippen LogP) is 3.98. The molecule has 0 heterocycles. The molecule has 98 valence electrons. The Hall–Kier alpha value is -1.33. The minimum Gasteiger partial charge on any atom is -0.399 e. The van der Waals surface area contributed by atoms with Gasteiger partial charge in [-0.15, -0.1) is 0 Å². The molecule has 0 radical (unpaired) electrons. The molecule has 0 atom stereocenters. The van der Waals surface area contributed by atoms with Gasteiger partial charge in [-0.05, 0) is 51.8 Å². The number of anilines is 2. The molecule has 3 N–H and O–H groups in total. The third kappa shape index (κ3) is 4.08. The number of nitrogens with two attached hydrogens (primary N) is 1. The molecule has 0 spiro atoms. The molecule has 2 rings (SSSR count). The number of halogens is 2. The van der Waals surface area contributed by atoms with E-state index in [0.29, 0.717) is 17.8 Å². The summed E-state index contributed by atoms with van der Waals surface area (Å²) in [7, 11) is 0. The molecule has 0 saturated heterocycles. The van der Waals surface area contributed by atoms with Gasteiger partial charge >= 0.3 is 0 Å². The molecule has 0 saturated carbocycles. The van der Waals surface area contributed by atoms with E-state index in [9.17, 15) is 4.79 Å². The minimum atomic E-state index is -0.0753. The Kier molecular flexibility index (Phi) is 4.61. The number of nitrogen functional groups attached to an aromatic ring is 1. The Balaban J connectivity index is 2.05. The molecule has 0 aliphatic carbocycles. The number of carbonyl (C=O) groups is 1. The second kappa shape index (κ2) is 6.21. The summed E-state index contributed by atoms with van der Waals surface area (Å²) in [5, 5.41) is 2.84. The SMILES string of the molecule is Nc1ccc(Br)c(NC(=O)Cc2ccc(Br)cc2)c1. The zero-order chi connectivity index (χ0) is 13.8. The highest BCUT2D eigenvalue weighted by atomic mass is 79.9. The molecule has 1 amide bonds. The van der Waals surface area contributed by atoms with Crippen LogP contribution in [-0.2, 0) is 11.2 Å². The highest BCUT2D eigenvalue weighted by molar-refractivity contribution is 9.10. The Morgan fingerprint density at radius 2 is 1.79 bits per heavy atom. The molecule has 0 aliphatic rings. The summed E-state index contributed by atoms with van der Waals surface area (Å²) in [6, 6.07) is 13.0. The highest BCUT2D eigenvalue weighted by Gasteiger charge is 2.07. The van der Waals surface area contributed by atoms with E-state index >= 15 is 0 Å². The van der Waals surface area contributed by atoms with Crippen LogP contribution in [0.3, 0.4) is 0 Å². The van der Waals surface area contributed by atoms with Crippen molar-refractivity contribution >= 4 is 49.1 Å². The van der Waals surface area contributed by atoms with Gasteiger partial charge in [0.1, 0.15) is 0 Å². The van der Waals surface area contributed by atoms with Crippen LogP contribution < -0.4 is 11.1 Å². The standard InChI is InChI=1S/C14H12Br2N2O/c15-10-3-1-9(2-4-10)7-14(19)18-13-8-11(17)5-6-12(13)16/h1-6,8H,7,17H2,(H,18,19). The second-order valence-corrected chi connectivity index (χ2v) is 5.86. The lowest BCUT2D eigenvalue weighted by Crippen LogP contribution is -2.14. The summed E-state index contributed by atoms with van der Waals surface area (Å²) in [5.74, 6) is -0.0753. The van der Waals surface area contributed by atoms with E-state index in [1.807, 2.05) is 30.3 Å². The lowest BCUT2D eigenvalue weighted by Gasteiger charge is -2.08. The third-order valence-corrected chi connectivity index (χ3v) is 3.76. The van der Waals surface area contributed by atoms with Crippen LogP contribution in [0.1, 0.15) is 5.56 Å². The van der Waals surface area contributed by atoms with Crippen LogP contribution in [0.2, 0.25) is 0 Å². The van der Waals surface area contributed by atoms with Gasteiger partial charge in [0, 0.05) is 14.6 Å². The smallest absolute Gasteiger partial charge is 0.228 e. The Morgan fingerprint density at radius 1 is 1.11 bits per heavy atom. The zero-order valence-electron chi connectivity index (χ0n) is 9.99. The third-order valence-electron chi connectivity index (χ3n) is 2.54. The van der Waals surface area contributed by atoms with E-state index in [0.717, 1.165) is 14.5 Å². The predicted molar refractivity (Wildman–Crippen MR) is 85.0 cm³/mol. The fourth-order valence-electron chi connectivity index (χ4n) is 1.62. The van der Waals surface area contributed by atoms with Crippen LogP contribution in [0.15, 0.2) is 51.4 Å². The first kappa shape index (κ1) is 14.1. The Morgan fingerprint density at radius 3 is 2.47 bits per heavy atom. The van der Waals surface area contributed by atoms with Gasteiger partial charge in [-0.3, -0.25) is 4.79 Å². The molecule has 0 aromatic heterocycles. The van der Waals surface area contributed by atoms with E-state index in [1.54, 1.807) is 12.1 Å². The van der Waals surface area contributed by atoms with E-state index in [4.69, 9.17) is 5.73 Å². The van der Waals surface area contributed by atoms with Crippen molar-refractivity contribution in [1.82, 2.24) is 0 Å². The fourth-order valence-corrected chi connectivity index (χ4v) is 2.23. The van der Waals surface area contributed by atoms with Crippen LogP contribution >= 0.6 is 31.9 Å². The van der Waals surface area contributed by atoms with Crippen molar-refractivity contribution in [2.75, 3.05) is 11.1 Å². The molecule has 0 unspecified atom stereocenters. The first-order chi connectivity index (χ1) is 9.04. The van der Waals surface area contributed by atoms with Crippen LogP contribution in [0.5, 0.6) is 0 Å². The molecule has 0 fully saturated rings. The quantitative estimate of drug-likeness (QED) is 0.787. The van der Waals surface area contributed by atoms with Crippen LogP contribution in [0.4, 0.5) is 11.4 Å². The molecule has 2 aromatic rings. The van der Waals surface area contributed by atoms with Crippen LogP contribution in [0.25, 0.3) is 0 Å². The topological polar surface area (TPSA) is 55.1 Å². The van der Waals surface area contributed by atoms with E-state index in [1.165, 1.54) is 0 Å². The number of hydrogen-bond acceptors (Lipinski definition) is 2. The van der Waals surface area contributed by atoms with Crippen molar-refractivity contribution in [1.29, 1.82) is 0 Å². The van der Waals surface area contributed by atoms with Gasteiger partial charge in [-0.1, -0.05) is 28.1 Å². The molecule has 2 aromatic carbocycles. The maximum absolute atomic E-state index is 11.9. The summed E-state index contributed by atoms with van der Waals surface area (Å²) in [5.41, 5.74) is 7.95. The zero-order valence-corrected chi connectivity index (χ0v) is 13.2. The van der Waals surface area contributed by atoms with Gasteiger partial charge in [-0.2, -0.15) is 0 Å². The number of rotatable bonds is 3. The average Bonchev–Trinajstić information content (AvgIpc) is 2.37. The lowest BCUT2D eigenvalue weighted by molar-refractivity contribution is -0.115. The highest BCUT2D eigenvalue weighted by Crippen LogP contribution is 2.24. The van der Waals surface area contributed by atoms with Gasteiger partial charge in [0.15, 0.2) is 0 Å². The number of nitrogens with one attached hydrogen (secondary N) is 1.